The van der Waals surface area contributed by atoms with Crippen LogP contribution in [0.1, 0.15) is 52.9 Å². The van der Waals surface area contributed by atoms with Crippen molar-refractivity contribution in [3.05, 3.63) is 155 Å². The molecular weight excluding hydrogens is 697 g/mol. The number of ether oxygens (including phenoxy) is 1. The average molecular weight is 740 g/mol. The van der Waals surface area contributed by atoms with Gasteiger partial charge in [0.2, 0.25) is 0 Å². The summed E-state index contributed by atoms with van der Waals surface area (Å²) in [6.07, 6.45) is -2.29. The molecule has 3 aliphatic rings. The van der Waals surface area contributed by atoms with Crippen LogP contribution in [-0.2, 0) is 12.0 Å². The Hall–Kier alpha value is -5.00. The first-order valence-corrected chi connectivity index (χ1v) is 18.4. The van der Waals surface area contributed by atoms with Gasteiger partial charge in [-0.3, -0.25) is 19.2 Å². The maximum atomic E-state index is 16.2. The lowest BCUT2D eigenvalue weighted by Gasteiger charge is -2.44. The molecular formula is C43H42F5N5O. The summed E-state index contributed by atoms with van der Waals surface area (Å²) < 4.78 is 78.1. The van der Waals surface area contributed by atoms with Gasteiger partial charge in [0.05, 0.1) is 48.6 Å². The summed E-state index contributed by atoms with van der Waals surface area (Å²) in [5, 5.41) is 3.27. The van der Waals surface area contributed by atoms with E-state index in [0.29, 0.717) is 43.1 Å². The molecule has 8 rings (SSSR count). The van der Waals surface area contributed by atoms with E-state index in [9.17, 15) is 17.6 Å². The highest BCUT2D eigenvalue weighted by Gasteiger charge is 2.49. The molecule has 0 unspecified atom stereocenters. The van der Waals surface area contributed by atoms with E-state index in [0.717, 1.165) is 27.9 Å². The van der Waals surface area contributed by atoms with Gasteiger partial charge in [-0.25, -0.2) is 4.39 Å². The lowest BCUT2D eigenvalue weighted by molar-refractivity contribution is -0.155. The highest BCUT2D eigenvalue weighted by Crippen LogP contribution is 2.53. The number of rotatable bonds is 11. The van der Waals surface area contributed by atoms with Crippen molar-refractivity contribution in [2.75, 3.05) is 49.8 Å². The van der Waals surface area contributed by atoms with Crippen molar-refractivity contribution in [2.24, 2.45) is 0 Å². The van der Waals surface area contributed by atoms with Gasteiger partial charge < -0.3 is 15.0 Å². The third-order valence-corrected chi connectivity index (χ3v) is 11.0. The largest absolute Gasteiger partial charge is 0.471 e. The molecule has 0 bridgehead atoms. The van der Waals surface area contributed by atoms with Crippen LogP contribution in [0.5, 0.6) is 5.75 Å². The first-order chi connectivity index (χ1) is 26.2. The first-order valence-electron chi connectivity index (χ1n) is 18.4. The smallest absolute Gasteiger partial charge is 0.401 e. The van der Waals surface area contributed by atoms with E-state index in [-0.39, 0.29) is 31.6 Å². The molecule has 54 heavy (non-hydrogen) atoms. The Morgan fingerprint density at radius 2 is 1.46 bits per heavy atom. The monoisotopic (exact) mass is 739 g/mol. The highest BCUT2D eigenvalue weighted by molar-refractivity contribution is 5.73. The number of alkyl halides is 4. The van der Waals surface area contributed by atoms with Crippen LogP contribution in [0.3, 0.4) is 0 Å². The molecule has 280 valence electrons. The van der Waals surface area contributed by atoms with Gasteiger partial charge in [0, 0.05) is 37.3 Å². The van der Waals surface area contributed by atoms with E-state index in [1.54, 1.807) is 6.92 Å². The summed E-state index contributed by atoms with van der Waals surface area (Å²) in [6, 6.07) is 34.0. The molecule has 11 heteroatoms. The molecule has 2 atom stereocenters. The predicted octanol–water partition coefficient (Wildman–Crippen LogP) is 8.72. The number of nitrogens with one attached hydrogen (secondary N) is 1. The Bertz CT molecular complexity index is 1960. The molecule has 1 fully saturated rings. The van der Waals surface area contributed by atoms with Crippen LogP contribution in [0.15, 0.2) is 115 Å². The number of halogens is 5. The normalized spacial score (nSPS) is 19.2. The Balaban J connectivity index is 1.21. The minimum absolute atomic E-state index is 0.0475. The SMILES string of the molecule is C[C@@H]1Cc2c(ccc3c2OCN3C(c2ccccc2)(c2ccccc2)c2ccccc2)[C@@H](c2ncc(NC3CN(CCCF)C3)cc2F)N1CC(F)(F)F. The average Bonchev–Trinajstić information content (AvgIpc) is 3.59. The van der Waals surface area contributed by atoms with Crippen LogP contribution in [0.2, 0.25) is 0 Å². The van der Waals surface area contributed by atoms with Gasteiger partial charge in [0.1, 0.15) is 17.1 Å². The van der Waals surface area contributed by atoms with E-state index < -0.39 is 36.2 Å². The van der Waals surface area contributed by atoms with Crippen LogP contribution in [-0.4, -0.2) is 72.6 Å². The van der Waals surface area contributed by atoms with Crippen LogP contribution < -0.4 is 15.0 Å². The zero-order valence-corrected chi connectivity index (χ0v) is 29.9. The molecule has 1 aromatic heterocycles. The molecule has 1 N–H and O–H groups in total. The van der Waals surface area contributed by atoms with Gasteiger partial charge in [0.15, 0.2) is 6.73 Å². The van der Waals surface area contributed by atoms with Crippen LogP contribution >= 0.6 is 0 Å². The second-order valence-electron chi connectivity index (χ2n) is 14.5. The fraction of sp³-hybridized carbons (Fsp3) is 0.326. The lowest BCUT2D eigenvalue weighted by Crippen LogP contribution is -2.54. The minimum Gasteiger partial charge on any atom is -0.471 e. The van der Waals surface area contributed by atoms with Crippen molar-refractivity contribution in [3.8, 4) is 5.75 Å². The van der Waals surface area contributed by atoms with Crippen LogP contribution in [0, 0.1) is 5.82 Å². The number of aromatic nitrogens is 1. The standard InChI is InChI=1S/C43H42F5N5O/c1-29-22-36-35(40(52(29)27-42(46,47)48)39-37(45)23-33(24-49-39)50-34-25-51(26-34)21-11-20-44)18-19-38-41(36)54-28-53(38)43(30-12-5-2-6-13-30,31-14-7-3-8-15-31)32-16-9-4-10-17-32/h2-10,12-19,23-24,29,34,40,50H,11,20-22,25-28H2,1H3/t29-,40+/m1/s1. The molecule has 6 nitrogen and oxygen atoms in total. The molecule has 0 spiro atoms. The maximum Gasteiger partial charge on any atom is 0.401 e. The van der Waals surface area contributed by atoms with Gasteiger partial charge in [-0.15, -0.1) is 0 Å². The number of pyridine rings is 1. The van der Waals surface area contributed by atoms with Gasteiger partial charge in [-0.05, 0) is 48.1 Å². The van der Waals surface area contributed by atoms with Gasteiger partial charge >= 0.3 is 6.18 Å². The molecule has 0 radical (unpaired) electrons. The molecule has 1 saturated heterocycles. The van der Waals surface area contributed by atoms with Crippen molar-refractivity contribution >= 4 is 11.4 Å². The summed E-state index contributed by atoms with van der Waals surface area (Å²) in [5.74, 6) is -0.103. The Labute approximate surface area is 312 Å². The number of likely N-dealkylation sites (tertiary alicyclic amines) is 1. The third kappa shape index (κ3) is 6.57. The van der Waals surface area contributed by atoms with E-state index in [4.69, 9.17) is 4.74 Å². The first kappa shape index (κ1) is 36.0. The topological polar surface area (TPSA) is 43.9 Å². The van der Waals surface area contributed by atoms with Crippen molar-refractivity contribution in [1.29, 1.82) is 0 Å². The predicted molar refractivity (Wildman–Crippen MR) is 200 cm³/mol. The molecule has 4 aromatic carbocycles. The molecule has 0 aliphatic carbocycles. The number of hydrogen-bond acceptors (Lipinski definition) is 6. The van der Waals surface area contributed by atoms with E-state index in [1.165, 1.54) is 17.2 Å². The summed E-state index contributed by atoms with van der Waals surface area (Å²) in [7, 11) is 0. The number of fused-ring (bicyclic) bond motifs is 3. The van der Waals surface area contributed by atoms with Gasteiger partial charge in [-0.2, -0.15) is 13.2 Å². The van der Waals surface area contributed by atoms with Crippen LogP contribution in [0.25, 0.3) is 0 Å². The molecule has 0 saturated carbocycles. The highest BCUT2D eigenvalue weighted by atomic mass is 19.4. The number of benzene rings is 4. The van der Waals surface area contributed by atoms with E-state index >= 15 is 4.39 Å². The summed E-state index contributed by atoms with van der Waals surface area (Å²) in [5.41, 5.74) is 4.71. The van der Waals surface area contributed by atoms with Crippen molar-refractivity contribution < 1.29 is 26.7 Å². The Kier molecular flexibility index (Phi) is 9.78. The quantitative estimate of drug-likeness (QED) is 0.108. The van der Waals surface area contributed by atoms with Crippen LogP contribution in [0.4, 0.5) is 33.3 Å². The lowest BCUT2D eigenvalue weighted by atomic mass is 9.75. The number of hydrogen-bond donors (Lipinski definition) is 1. The van der Waals surface area contributed by atoms with Gasteiger partial charge in [0.25, 0.3) is 0 Å². The summed E-state index contributed by atoms with van der Waals surface area (Å²) in [6.45, 7) is 2.37. The van der Waals surface area contributed by atoms with Crippen molar-refractivity contribution in [3.63, 3.8) is 0 Å². The molecule has 0 amide bonds. The van der Waals surface area contributed by atoms with E-state index in [2.05, 4.69) is 56.5 Å². The second-order valence-corrected chi connectivity index (χ2v) is 14.5. The zero-order valence-electron chi connectivity index (χ0n) is 29.9. The molecule has 5 aromatic rings. The maximum absolute atomic E-state index is 16.2. The molecule has 4 heterocycles. The fourth-order valence-corrected chi connectivity index (χ4v) is 8.65. The number of nitrogens with zero attached hydrogens (tertiary/aromatic N) is 4. The third-order valence-electron chi connectivity index (χ3n) is 11.0. The summed E-state index contributed by atoms with van der Waals surface area (Å²) >= 11 is 0. The summed E-state index contributed by atoms with van der Waals surface area (Å²) in [4.78, 5) is 10.1. The Morgan fingerprint density at radius 1 is 0.852 bits per heavy atom. The van der Waals surface area contributed by atoms with Crippen molar-refractivity contribution in [1.82, 2.24) is 14.8 Å². The zero-order chi connectivity index (χ0) is 37.5. The Morgan fingerprint density at radius 3 is 2.02 bits per heavy atom. The van der Waals surface area contributed by atoms with E-state index in [1.807, 2.05) is 66.7 Å². The molecule has 3 aliphatic heterocycles. The number of anilines is 2. The minimum atomic E-state index is -4.52. The van der Waals surface area contributed by atoms with Gasteiger partial charge in [-0.1, -0.05) is 97.1 Å². The fourth-order valence-electron chi connectivity index (χ4n) is 8.65. The van der Waals surface area contributed by atoms with Crippen molar-refractivity contribution in [2.45, 2.75) is 49.6 Å². The second kappa shape index (κ2) is 14.7.